The van der Waals surface area contributed by atoms with Gasteiger partial charge in [-0.05, 0) is 34.7 Å². The summed E-state index contributed by atoms with van der Waals surface area (Å²) in [5.41, 5.74) is 2.49. The van der Waals surface area contributed by atoms with Crippen molar-refractivity contribution in [3.05, 3.63) is 57.3 Å². The quantitative estimate of drug-likeness (QED) is 0.446. The summed E-state index contributed by atoms with van der Waals surface area (Å²) < 4.78 is 6.89. The third kappa shape index (κ3) is 3.08. The zero-order chi connectivity index (χ0) is 19.8. The number of aromatic nitrogens is 3. The monoisotopic (exact) mass is 417 g/mol. The van der Waals surface area contributed by atoms with Crippen LogP contribution in [0.15, 0.2) is 46.3 Å². The van der Waals surface area contributed by atoms with Gasteiger partial charge in [-0.1, -0.05) is 42.4 Å². The van der Waals surface area contributed by atoms with Crippen LogP contribution < -0.4 is 20.3 Å². The van der Waals surface area contributed by atoms with Crippen molar-refractivity contribution >= 4 is 29.1 Å². The van der Waals surface area contributed by atoms with Gasteiger partial charge in [-0.15, -0.1) is 0 Å². The fourth-order valence-corrected chi connectivity index (χ4v) is 4.03. The smallest absolute Gasteiger partial charge is 0.325 e. The van der Waals surface area contributed by atoms with E-state index in [0.29, 0.717) is 16.4 Å². The first-order valence-electron chi connectivity index (χ1n) is 8.64. The number of hydrogen-bond acceptors (Lipinski definition) is 6. The van der Waals surface area contributed by atoms with E-state index >= 15 is 0 Å². The molecule has 4 rings (SSSR count). The Balaban J connectivity index is 1.97. The number of halogens is 1. The zero-order valence-corrected chi connectivity index (χ0v) is 16.8. The number of aromatic amines is 1. The second-order valence-corrected chi connectivity index (χ2v) is 7.79. The number of nitrogens with zero attached hydrogens (tertiary/aromatic N) is 2. The van der Waals surface area contributed by atoms with E-state index in [-0.39, 0.29) is 22.1 Å². The molecule has 0 bridgehead atoms. The number of aromatic hydroxyl groups is 1. The Kier molecular flexibility index (Phi) is 4.91. The van der Waals surface area contributed by atoms with Gasteiger partial charge in [0.2, 0.25) is 5.16 Å². The van der Waals surface area contributed by atoms with Gasteiger partial charge in [-0.2, -0.15) is 0 Å². The Morgan fingerprint density at radius 2 is 2.14 bits per heavy atom. The van der Waals surface area contributed by atoms with Gasteiger partial charge >= 0.3 is 11.3 Å². The van der Waals surface area contributed by atoms with Crippen LogP contribution in [0.4, 0.5) is 5.69 Å². The Labute approximate surface area is 170 Å². The van der Waals surface area contributed by atoms with E-state index in [9.17, 15) is 9.90 Å². The van der Waals surface area contributed by atoms with Crippen molar-refractivity contribution in [2.45, 2.75) is 18.2 Å². The molecule has 0 amide bonds. The van der Waals surface area contributed by atoms with Crippen LogP contribution in [0.2, 0.25) is 5.02 Å². The number of hydrogen-bond donors (Lipinski definition) is 3. The van der Waals surface area contributed by atoms with E-state index in [0.717, 1.165) is 17.0 Å². The fourth-order valence-electron chi connectivity index (χ4n) is 3.22. The summed E-state index contributed by atoms with van der Waals surface area (Å²) in [6, 6.07) is 10.9. The molecule has 2 heterocycles. The first-order valence-corrected chi connectivity index (χ1v) is 10.0. The van der Waals surface area contributed by atoms with E-state index < -0.39 is 6.17 Å². The number of methoxy groups -OCH3 is 1. The van der Waals surface area contributed by atoms with Crippen molar-refractivity contribution < 1.29 is 14.5 Å². The number of phenolic OH excluding ortho intramolecular Hbond substituents is 1. The molecule has 0 spiro atoms. The van der Waals surface area contributed by atoms with Crippen LogP contribution in [-0.4, -0.2) is 28.1 Å². The van der Waals surface area contributed by atoms with Crippen LogP contribution in [0.1, 0.15) is 18.7 Å². The van der Waals surface area contributed by atoms with Gasteiger partial charge in [0.1, 0.15) is 0 Å². The molecule has 9 heteroatoms. The number of nitrogens with one attached hydrogen (secondary N) is 2. The number of anilines is 1. The van der Waals surface area contributed by atoms with E-state index in [1.54, 1.807) is 16.8 Å². The number of benzene rings is 2. The van der Waals surface area contributed by atoms with Gasteiger partial charge in [-0.3, -0.25) is 9.78 Å². The SMILES string of the molecule is CCSc1n[n+]2c(c(=O)[nH]1)-c1ccccc1N[C@@H]2c1cc(Cl)c(O)c(OC)c1. The van der Waals surface area contributed by atoms with Gasteiger partial charge in [0, 0.05) is 10.7 Å². The molecule has 2 aromatic carbocycles. The lowest BCUT2D eigenvalue weighted by molar-refractivity contribution is -0.759. The molecule has 1 aromatic heterocycles. The summed E-state index contributed by atoms with van der Waals surface area (Å²) in [5, 5.41) is 18.8. The first kappa shape index (κ1) is 18.6. The molecule has 3 N–H and O–H groups in total. The predicted octanol–water partition coefficient (Wildman–Crippen LogP) is 3.18. The number of phenols is 1. The van der Waals surface area contributed by atoms with Crippen molar-refractivity contribution in [2.75, 3.05) is 18.2 Å². The number of rotatable bonds is 4. The van der Waals surface area contributed by atoms with E-state index in [1.165, 1.54) is 18.9 Å². The molecule has 0 aliphatic carbocycles. The average molecular weight is 418 g/mol. The maximum atomic E-state index is 12.9. The van der Waals surface area contributed by atoms with Crippen LogP contribution >= 0.6 is 23.4 Å². The minimum absolute atomic E-state index is 0.129. The molecular formula is C19H18ClN4O3S+. The van der Waals surface area contributed by atoms with Crippen molar-refractivity contribution in [3.8, 4) is 22.8 Å². The lowest BCUT2D eigenvalue weighted by atomic mass is 10.0. The molecule has 0 unspecified atom stereocenters. The highest BCUT2D eigenvalue weighted by atomic mass is 35.5. The highest BCUT2D eigenvalue weighted by Gasteiger charge is 2.38. The molecule has 0 fully saturated rings. The Hall–Kier alpha value is -2.71. The number of H-pyrrole nitrogens is 1. The van der Waals surface area contributed by atoms with Gasteiger partial charge in [0.25, 0.3) is 6.17 Å². The number of thioether (sulfide) groups is 1. The van der Waals surface area contributed by atoms with Crippen molar-refractivity contribution in [3.63, 3.8) is 0 Å². The topological polar surface area (TPSA) is 91.1 Å². The lowest BCUT2D eigenvalue weighted by Crippen LogP contribution is -2.55. The van der Waals surface area contributed by atoms with Gasteiger partial charge in [-0.25, -0.2) is 0 Å². The van der Waals surface area contributed by atoms with Crippen LogP contribution in [-0.2, 0) is 0 Å². The number of fused-ring (bicyclic) bond motifs is 3. The Morgan fingerprint density at radius 3 is 2.89 bits per heavy atom. The largest absolute Gasteiger partial charge is 0.503 e. The van der Waals surface area contributed by atoms with Crippen molar-refractivity contribution in [1.82, 2.24) is 10.1 Å². The predicted molar refractivity (Wildman–Crippen MR) is 108 cm³/mol. The summed E-state index contributed by atoms with van der Waals surface area (Å²) in [4.78, 5) is 15.7. The number of para-hydroxylation sites is 1. The fraction of sp³-hybridized carbons (Fsp3) is 0.211. The normalized spacial score (nSPS) is 14.8. The van der Waals surface area contributed by atoms with E-state index in [2.05, 4.69) is 15.4 Å². The third-order valence-corrected chi connectivity index (χ3v) is 5.48. The first-order chi connectivity index (χ1) is 13.5. The number of ether oxygens (including phenoxy) is 1. The molecule has 7 nitrogen and oxygen atoms in total. The molecule has 0 radical (unpaired) electrons. The Bertz CT molecular complexity index is 1120. The molecule has 1 atom stereocenters. The van der Waals surface area contributed by atoms with Crippen LogP contribution in [0, 0.1) is 0 Å². The maximum absolute atomic E-state index is 12.9. The highest BCUT2D eigenvalue weighted by molar-refractivity contribution is 7.99. The van der Waals surface area contributed by atoms with Gasteiger partial charge in [0.05, 0.1) is 23.4 Å². The van der Waals surface area contributed by atoms with Gasteiger partial charge in [0.15, 0.2) is 11.5 Å². The molecular weight excluding hydrogens is 400 g/mol. The second-order valence-electron chi connectivity index (χ2n) is 6.13. The van der Waals surface area contributed by atoms with Crippen molar-refractivity contribution in [1.29, 1.82) is 0 Å². The summed E-state index contributed by atoms with van der Waals surface area (Å²) in [5.74, 6) is 0.893. The Morgan fingerprint density at radius 1 is 1.36 bits per heavy atom. The summed E-state index contributed by atoms with van der Waals surface area (Å²) in [7, 11) is 1.46. The molecule has 1 aliphatic heterocycles. The van der Waals surface area contributed by atoms with Crippen molar-refractivity contribution in [2.24, 2.45) is 0 Å². The summed E-state index contributed by atoms with van der Waals surface area (Å²) in [6.07, 6.45) is -0.504. The average Bonchev–Trinajstić information content (AvgIpc) is 2.69. The molecule has 28 heavy (non-hydrogen) atoms. The maximum Gasteiger partial charge on any atom is 0.325 e. The highest BCUT2D eigenvalue weighted by Crippen LogP contribution is 2.38. The van der Waals surface area contributed by atoms with E-state index in [1.807, 2.05) is 31.2 Å². The minimum Gasteiger partial charge on any atom is -0.503 e. The molecule has 1 aliphatic rings. The molecule has 3 aromatic rings. The lowest BCUT2D eigenvalue weighted by Gasteiger charge is -2.23. The summed E-state index contributed by atoms with van der Waals surface area (Å²) in [6.45, 7) is 1.99. The molecule has 0 saturated carbocycles. The van der Waals surface area contributed by atoms with Crippen LogP contribution in [0.25, 0.3) is 11.3 Å². The van der Waals surface area contributed by atoms with Crippen LogP contribution in [0.3, 0.4) is 0 Å². The van der Waals surface area contributed by atoms with Gasteiger partial charge < -0.3 is 15.2 Å². The summed E-state index contributed by atoms with van der Waals surface area (Å²) >= 11 is 7.65. The molecule has 0 saturated heterocycles. The van der Waals surface area contributed by atoms with Crippen LogP contribution in [0.5, 0.6) is 11.5 Å². The minimum atomic E-state index is -0.504. The van der Waals surface area contributed by atoms with E-state index in [4.69, 9.17) is 16.3 Å². The zero-order valence-electron chi connectivity index (χ0n) is 15.2. The second kappa shape index (κ2) is 7.37. The molecule has 144 valence electrons. The third-order valence-electron chi connectivity index (χ3n) is 4.45. The standard InChI is InChI=1S/C19H17ClN4O3S/c1-3-28-19-22-18(26)15-11-6-4-5-7-13(11)21-17(24(15)23-19)10-8-12(20)16(25)14(9-10)27-2/h4-9,17H,3H2,1-2H3,(H2,22,23,25,26)/p+1/t17-/m0/s1.